The van der Waals surface area contributed by atoms with Gasteiger partial charge in [-0.2, -0.15) is 5.10 Å². The lowest BCUT2D eigenvalue weighted by Gasteiger charge is -2.50. The Morgan fingerprint density at radius 3 is 2.59 bits per heavy atom. The number of nitrogens with zero attached hydrogens (tertiary/aromatic N) is 4. The number of amides is 1. The van der Waals surface area contributed by atoms with Gasteiger partial charge in [-0.1, -0.05) is 0 Å². The van der Waals surface area contributed by atoms with Crippen LogP contribution in [0.5, 0.6) is 0 Å². The van der Waals surface area contributed by atoms with Gasteiger partial charge in [0.05, 0.1) is 12.3 Å². The predicted molar refractivity (Wildman–Crippen MR) is 104 cm³/mol. The van der Waals surface area contributed by atoms with Crippen LogP contribution >= 0.6 is 0 Å². The first-order valence-corrected chi connectivity index (χ1v) is 10.8. The lowest BCUT2D eigenvalue weighted by atomic mass is 9.71. The van der Waals surface area contributed by atoms with Crippen molar-refractivity contribution < 1.29 is 9.90 Å². The standard InChI is InChI=1S/C21H34N4O2/c1-2-24-15-17(13-22-24)14-23-11-9-21(10-12-23)8-7-20(27)25(16-21)18-3-5-19(26)6-4-18/h13,15,18-19,26H,2-12,14,16H2,1H3. The Morgan fingerprint density at radius 1 is 1.19 bits per heavy atom. The van der Waals surface area contributed by atoms with Crippen LogP contribution in [0, 0.1) is 5.41 Å². The molecule has 3 aliphatic rings. The van der Waals surface area contributed by atoms with Crippen molar-refractivity contribution in [3.8, 4) is 0 Å². The van der Waals surface area contributed by atoms with E-state index in [2.05, 4.69) is 28.0 Å². The predicted octanol–water partition coefficient (Wildman–Crippen LogP) is 2.41. The normalized spacial score (nSPS) is 29.4. The van der Waals surface area contributed by atoms with Crippen LogP contribution in [-0.2, 0) is 17.9 Å². The monoisotopic (exact) mass is 374 g/mol. The van der Waals surface area contributed by atoms with E-state index in [1.807, 2.05) is 10.9 Å². The van der Waals surface area contributed by atoms with Gasteiger partial charge >= 0.3 is 0 Å². The van der Waals surface area contributed by atoms with Crippen molar-refractivity contribution in [2.75, 3.05) is 19.6 Å². The summed E-state index contributed by atoms with van der Waals surface area (Å²) in [5.74, 6) is 0.344. The van der Waals surface area contributed by atoms with Crippen LogP contribution in [0.1, 0.15) is 63.9 Å². The number of piperidine rings is 2. The van der Waals surface area contributed by atoms with E-state index in [1.165, 1.54) is 18.4 Å². The fraction of sp³-hybridized carbons (Fsp3) is 0.810. The third-order valence-corrected chi connectivity index (χ3v) is 7.14. The number of aliphatic hydroxyl groups is 1. The number of rotatable bonds is 4. The van der Waals surface area contributed by atoms with Crippen molar-refractivity contribution in [2.24, 2.45) is 5.41 Å². The van der Waals surface area contributed by atoms with Gasteiger partial charge in [0.15, 0.2) is 0 Å². The molecule has 1 saturated carbocycles. The Hall–Kier alpha value is -1.40. The van der Waals surface area contributed by atoms with Crippen molar-refractivity contribution in [1.82, 2.24) is 19.6 Å². The molecule has 0 aromatic carbocycles. The van der Waals surface area contributed by atoms with Gasteiger partial charge < -0.3 is 10.0 Å². The summed E-state index contributed by atoms with van der Waals surface area (Å²) in [5.41, 5.74) is 1.61. The molecule has 150 valence electrons. The summed E-state index contributed by atoms with van der Waals surface area (Å²) in [4.78, 5) is 17.3. The third kappa shape index (κ3) is 4.21. The van der Waals surface area contributed by atoms with Crippen LogP contribution in [0.4, 0.5) is 0 Å². The maximum absolute atomic E-state index is 12.6. The van der Waals surface area contributed by atoms with E-state index in [1.54, 1.807) is 0 Å². The average molecular weight is 375 g/mol. The molecule has 3 fully saturated rings. The molecule has 2 aliphatic heterocycles. The van der Waals surface area contributed by atoms with Crippen LogP contribution in [0.15, 0.2) is 12.4 Å². The topological polar surface area (TPSA) is 61.6 Å². The highest BCUT2D eigenvalue weighted by Gasteiger charge is 2.43. The second kappa shape index (κ2) is 7.92. The van der Waals surface area contributed by atoms with Gasteiger partial charge in [0.2, 0.25) is 5.91 Å². The van der Waals surface area contributed by atoms with Crippen LogP contribution in [0.3, 0.4) is 0 Å². The maximum Gasteiger partial charge on any atom is 0.222 e. The molecule has 3 heterocycles. The zero-order chi connectivity index (χ0) is 18.9. The summed E-state index contributed by atoms with van der Waals surface area (Å²) in [6, 6.07) is 0.357. The number of hydrogen-bond donors (Lipinski definition) is 1. The first kappa shape index (κ1) is 18.9. The summed E-state index contributed by atoms with van der Waals surface area (Å²) >= 11 is 0. The van der Waals surface area contributed by atoms with Gasteiger partial charge in [-0.15, -0.1) is 0 Å². The lowest BCUT2D eigenvalue weighted by Crippen LogP contribution is -2.55. The number of carbonyl (C=O) groups excluding carboxylic acids is 1. The Bertz CT molecular complexity index is 642. The summed E-state index contributed by atoms with van der Waals surface area (Å²) in [6.45, 7) is 7.19. The molecule has 6 nitrogen and oxygen atoms in total. The van der Waals surface area contributed by atoms with Crippen molar-refractivity contribution in [2.45, 2.75) is 83.5 Å². The lowest BCUT2D eigenvalue weighted by molar-refractivity contribution is -0.143. The fourth-order valence-electron chi connectivity index (χ4n) is 5.26. The van der Waals surface area contributed by atoms with Gasteiger partial charge in [0.1, 0.15) is 0 Å². The molecule has 1 N–H and O–H groups in total. The van der Waals surface area contributed by atoms with Crippen LogP contribution in [0.25, 0.3) is 0 Å². The molecule has 1 spiro atoms. The average Bonchev–Trinajstić information content (AvgIpc) is 3.14. The Balaban J connectivity index is 1.33. The molecule has 2 saturated heterocycles. The summed E-state index contributed by atoms with van der Waals surface area (Å²) in [7, 11) is 0. The minimum absolute atomic E-state index is 0.157. The van der Waals surface area contributed by atoms with Gasteiger partial charge in [0.25, 0.3) is 0 Å². The van der Waals surface area contributed by atoms with E-state index < -0.39 is 0 Å². The van der Waals surface area contributed by atoms with E-state index >= 15 is 0 Å². The van der Waals surface area contributed by atoms with Crippen molar-refractivity contribution in [1.29, 1.82) is 0 Å². The number of hydrogen-bond acceptors (Lipinski definition) is 4. The summed E-state index contributed by atoms with van der Waals surface area (Å²) in [6.07, 6.45) is 11.8. The number of carbonyl (C=O) groups is 1. The molecule has 4 rings (SSSR count). The highest BCUT2D eigenvalue weighted by Crippen LogP contribution is 2.42. The van der Waals surface area contributed by atoms with Crippen LogP contribution < -0.4 is 0 Å². The molecule has 0 unspecified atom stereocenters. The van der Waals surface area contributed by atoms with E-state index in [-0.39, 0.29) is 6.10 Å². The molecule has 1 aromatic rings. The number of aliphatic hydroxyl groups excluding tert-OH is 1. The van der Waals surface area contributed by atoms with Gasteiger partial charge in [-0.25, -0.2) is 0 Å². The van der Waals surface area contributed by atoms with E-state index in [0.29, 0.717) is 23.8 Å². The molecule has 6 heteroatoms. The van der Waals surface area contributed by atoms with Crippen LogP contribution in [-0.4, -0.2) is 62.4 Å². The first-order valence-electron chi connectivity index (χ1n) is 10.8. The quantitative estimate of drug-likeness (QED) is 0.879. The molecular weight excluding hydrogens is 340 g/mol. The van der Waals surface area contributed by atoms with E-state index in [4.69, 9.17) is 0 Å². The van der Waals surface area contributed by atoms with Crippen molar-refractivity contribution >= 4 is 5.91 Å². The Labute approximate surface area is 162 Å². The number of aromatic nitrogens is 2. The minimum Gasteiger partial charge on any atom is -0.393 e. The molecule has 1 aliphatic carbocycles. The van der Waals surface area contributed by atoms with Gasteiger partial charge in [-0.05, 0) is 70.4 Å². The highest BCUT2D eigenvalue weighted by atomic mass is 16.3. The summed E-state index contributed by atoms with van der Waals surface area (Å²) < 4.78 is 1.99. The largest absolute Gasteiger partial charge is 0.393 e. The third-order valence-electron chi connectivity index (χ3n) is 7.14. The number of aryl methyl sites for hydroxylation is 1. The van der Waals surface area contributed by atoms with Crippen molar-refractivity contribution in [3.05, 3.63) is 18.0 Å². The SMILES string of the molecule is CCn1cc(CN2CCC3(CCC(=O)N(C4CCC(O)CC4)C3)CC2)cn1. The molecule has 0 atom stereocenters. The fourth-order valence-corrected chi connectivity index (χ4v) is 5.26. The molecule has 27 heavy (non-hydrogen) atoms. The zero-order valence-corrected chi connectivity index (χ0v) is 16.6. The van der Waals surface area contributed by atoms with Crippen molar-refractivity contribution in [3.63, 3.8) is 0 Å². The molecule has 1 amide bonds. The number of likely N-dealkylation sites (tertiary alicyclic amines) is 2. The second-order valence-electron chi connectivity index (χ2n) is 8.96. The Kier molecular flexibility index (Phi) is 5.55. The highest BCUT2D eigenvalue weighted by molar-refractivity contribution is 5.77. The molecule has 0 radical (unpaired) electrons. The molecular formula is C21H34N4O2. The maximum atomic E-state index is 12.6. The van der Waals surface area contributed by atoms with Gasteiger partial charge in [-0.3, -0.25) is 14.4 Å². The smallest absolute Gasteiger partial charge is 0.222 e. The Morgan fingerprint density at radius 2 is 1.93 bits per heavy atom. The summed E-state index contributed by atoms with van der Waals surface area (Å²) in [5, 5.41) is 14.2. The molecule has 0 bridgehead atoms. The zero-order valence-electron chi connectivity index (χ0n) is 16.6. The first-order chi connectivity index (χ1) is 13.1. The second-order valence-corrected chi connectivity index (χ2v) is 8.96. The van der Waals surface area contributed by atoms with Gasteiger partial charge in [0, 0.05) is 43.9 Å². The molecule has 1 aromatic heterocycles. The van der Waals surface area contributed by atoms with Crippen LogP contribution in [0.2, 0.25) is 0 Å². The van der Waals surface area contributed by atoms with E-state index in [9.17, 15) is 9.90 Å². The minimum atomic E-state index is -0.157. The van der Waals surface area contributed by atoms with E-state index in [0.717, 1.165) is 64.8 Å².